The number of amides is 1. The Labute approximate surface area is 380 Å². The Morgan fingerprint density at radius 1 is 0.443 bits per heavy atom. The van der Waals surface area contributed by atoms with Crippen LogP contribution in [0.15, 0.2) is 24.3 Å². The Balaban J connectivity index is 3.48. The van der Waals surface area contributed by atoms with E-state index in [1.54, 1.807) is 6.08 Å². The Morgan fingerprint density at radius 2 is 0.787 bits per heavy atom. The third-order valence-electron chi connectivity index (χ3n) is 12.5. The maximum Gasteiger partial charge on any atom is 0.305 e. The second-order valence-corrected chi connectivity index (χ2v) is 18.6. The van der Waals surface area contributed by atoms with Crippen LogP contribution >= 0.6 is 0 Å². The molecule has 0 rings (SSSR count). The molecule has 0 aromatic rings. The number of rotatable bonds is 50. The fraction of sp³-hybridized carbons (Fsp3) is 0.891. The number of allylic oxidation sites excluding steroid dienone is 3. The summed E-state index contributed by atoms with van der Waals surface area (Å²) in [5.74, 6) is -0.0868. The predicted octanol–water partition coefficient (Wildman–Crippen LogP) is 16.3. The SMILES string of the molecule is CCCC/C=C\CCCCCCCC(=O)OCCCCCCCCCCCCCCCCCC(=O)NC(CO)C(O)/C=C/CCCCCCCCCCCCCCCCCC. The molecule has 0 aliphatic carbocycles. The molecule has 0 spiro atoms. The van der Waals surface area contributed by atoms with Crippen LogP contribution in [0.3, 0.4) is 0 Å². The molecule has 0 bridgehead atoms. The molecule has 0 aliphatic heterocycles. The number of hydrogen-bond acceptors (Lipinski definition) is 5. The zero-order valence-corrected chi connectivity index (χ0v) is 40.9. The fourth-order valence-electron chi connectivity index (χ4n) is 8.26. The van der Waals surface area contributed by atoms with Gasteiger partial charge in [0.2, 0.25) is 5.91 Å². The quantitative estimate of drug-likeness (QED) is 0.0322. The van der Waals surface area contributed by atoms with Gasteiger partial charge in [-0.3, -0.25) is 9.59 Å². The van der Waals surface area contributed by atoms with Gasteiger partial charge in [-0.15, -0.1) is 0 Å². The van der Waals surface area contributed by atoms with Gasteiger partial charge < -0.3 is 20.3 Å². The molecule has 0 aromatic heterocycles. The molecule has 2 atom stereocenters. The number of aliphatic hydroxyl groups excluding tert-OH is 2. The van der Waals surface area contributed by atoms with Crippen molar-refractivity contribution in [1.29, 1.82) is 0 Å². The van der Waals surface area contributed by atoms with E-state index in [0.29, 0.717) is 19.4 Å². The van der Waals surface area contributed by atoms with Crippen molar-refractivity contribution in [1.82, 2.24) is 5.32 Å². The normalized spacial score (nSPS) is 12.8. The number of esters is 1. The lowest BCUT2D eigenvalue weighted by atomic mass is 10.0. The summed E-state index contributed by atoms with van der Waals surface area (Å²) in [7, 11) is 0. The van der Waals surface area contributed by atoms with Gasteiger partial charge in [-0.25, -0.2) is 0 Å². The largest absolute Gasteiger partial charge is 0.466 e. The molecule has 1 amide bonds. The first-order valence-corrected chi connectivity index (χ1v) is 27.1. The van der Waals surface area contributed by atoms with Gasteiger partial charge in [-0.2, -0.15) is 0 Å². The van der Waals surface area contributed by atoms with Crippen molar-refractivity contribution < 1.29 is 24.5 Å². The van der Waals surface area contributed by atoms with Gasteiger partial charge in [0, 0.05) is 12.8 Å². The van der Waals surface area contributed by atoms with E-state index in [1.165, 1.54) is 212 Å². The van der Waals surface area contributed by atoms with Crippen molar-refractivity contribution >= 4 is 11.9 Å². The summed E-state index contributed by atoms with van der Waals surface area (Å²) in [6.07, 6.45) is 60.4. The molecule has 3 N–H and O–H groups in total. The van der Waals surface area contributed by atoms with Crippen LogP contribution in [0, 0.1) is 0 Å². The maximum atomic E-state index is 12.5. The molecule has 0 saturated heterocycles. The van der Waals surface area contributed by atoms with Crippen LogP contribution < -0.4 is 5.32 Å². The molecule has 61 heavy (non-hydrogen) atoms. The number of aliphatic hydroxyl groups is 2. The van der Waals surface area contributed by atoms with Gasteiger partial charge in [-0.1, -0.05) is 250 Å². The number of carbonyl (C=O) groups excluding carboxylic acids is 2. The lowest BCUT2D eigenvalue weighted by molar-refractivity contribution is -0.143. The Morgan fingerprint density at radius 3 is 1.21 bits per heavy atom. The first-order valence-electron chi connectivity index (χ1n) is 27.1. The summed E-state index contributed by atoms with van der Waals surface area (Å²) in [5.41, 5.74) is 0. The summed E-state index contributed by atoms with van der Waals surface area (Å²) < 4.78 is 5.44. The monoisotopic (exact) mass is 860 g/mol. The van der Waals surface area contributed by atoms with Gasteiger partial charge in [0.05, 0.1) is 25.4 Å². The summed E-state index contributed by atoms with van der Waals surface area (Å²) in [4.78, 5) is 24.4. The second-order valence-electron chi connectivity index (χ2n) is 18.6. The molecule has 0 fully saturated rings. The minimum absolute atomic E-state index is 0.0115. The van der Waals surface area contributed by atoms with Crippen molar-refractivity contribution in [3.63, 3.8) is 0 Å². The Kier molecular flexibility index (Phi) is 49.6. The molecular formula is C55H105NO5. The van der Waals surface area contributed by atoms with Crippen molar-refractivity contribution in [2.24, 2.45) is 0 Å². The highest BCUT2D eigenvalue weighted by Gasteiger charge is 2.18. The Hall–Kier alpha value is -1.66. The Bertz CT molecular complexity index is 951. The first kappa shape index (κ1) is 59.3. The second kappa shape index (κ2) is 51.0. The van der Waals surface area contributed by atoms with Crippen molar-refractivity contribution in [3.05, 3.63) is 24.3 Å². The third-order valence-corrected chi connectivity index (χ3v) is 12.5. The van der Waals surface area contributed by atoms with Crippen molar-refractivity contribution in [2.45, 2.75) is 302 Å². The van der Waals surface area contributed by atoms with Gasteiger partial charge in [0.1, 0.15) is 0 Å². The molecule has 6 heteroatoms. The van der Waals surface area contributed by atoms with Crippen LogP contribution in [0.2, 0.25) is 0 Å². The van der Waals surface area contributed by atoms with Crippen LogP contribution in [0.4, 0.5) is 0 Å². The highest BCUT2D eigenvalue weighted by atomic mass is 16.5. The van der Waals surface area contributed by atoms with E-state index in [4.69, 9.17) is 4.74 Å². The summed E-state index contributed by atoms with van der Waals surface area (Å²) in [6, 6.07) is -0.634. The number of unbranched alkanes of at least 4 members (excludes halogenated alkanes) is 37. The molecule has 0 radical (unpaired) electrons. The number of carbonyl (C=O) groups is 2. The van der Waals surface area contributed by atoms with Crippen molar-refractivity contribution in [3.8, 4) is 0 Å². The molecule has 2 unspecified atom stereocenters. The van der Waals surface area contributed by atoms with E-state index >= 15 is 0 Å². The average Bonchev–Trinajstić information content (AvgIpc) is 3.26. The topological polar surface area (TPSA) is 95.9 Å². The third kappa shape index (κ3) is 47.7. The van der Waals surface area contributed by atoms with E-state index in [9.17, 15) is 19.8 Å². The van der Waals surface area contributed by atoms with E-state index in [0.717, 1.165) is 51.4 Å². The average molecular weight is 860 g/mol. The summed E-state index contributed by atoms with van der Waals surface area (Å²) in [6.45, 7) is 4.85. The molecule has 360 valence electrons. The zero-order chi connectivity index (χ0) is 44.4. The van der Waals surface area contributed by atoms with Crippen LogP contribution in [0.25, 0.3) is 0 Å². The summed E-state index contributed by atoms with van der Waals surface area (Å²) >= 11 is 0. The van der Waals surface area contributed by atoms with Gasteiger partial charge in [-0.05, 0) is 51.4 Å². The van der Waals surface area contributed by atoms with Crippen LogP contribution in [-0.4, -0.2) is 47.4 Å². The number of hydrogen-bond donors (Lipinski definition) is 3. The van der Waals surface area contributed by atoms with E-state index in [2.05, 4.69) is 31.3 Å². The van der Waals surface area contributed by atoms with E-state index in [1.807, 2.05) is 6.08 Å². The molecule has 6 nitrogen and oxygen atoms in total. The van der Waals surface area contributed by atoms with Crippen LogP contribution in [-0.2, 0) is 14.3 Å². The maximum absolute atomic E-state index is 12.5. The van der Waals surface area contributed by atoms with Gasteiger partial charge in [0.25, 0.3) is 0 Å². The standard InChI is InChI=1S/C55H105NO5/c1-3-5-7-9-11-13-15-16-17-18-19-21-24-28-31-35-39-43-47-53(58)52(51-57)56-54(59)48-44-40-36-32-29-25-22-20-23-26-30-34-38-42-46-50-61-55(60)49-45-41-37-33-27-14-12-10-8-6-4-2/h10,12,43,47,52-53,57-58H,3-9,11,13-42,44-46,48-51H2,1-2H3,(H,56,59)/b12-10-,47-43+. The van der Waals surface area contributed by atoms with Gasteiger partial charge in [0.15, 0.2) is 0 Å². The molecular weight excluding hydrogens is 755 g/mol. The predicted molar refractivity (Wildman–Crippen MR) is 264 cm³/mol. The highest BCUT2D eigenvalue weighted by molar-refractivity contribution is 5.76. The first-order chi connectivity index (χ1) is 30.0. The van der Waals surface area contributed by atoms with E-state index in [-0.39, 0.29) is 18.5 Å². The lowest BCUT2D eigenvalue weighted by Gasteiger charge is -2.20. The smallest absolute Gasteiger partial charge is 0.305 e. The van der Waals surface area contributed by atoms with Gasteiger partial charge >= 0.3 is 5.97 Å². The molecule has 0 aromatic carbocycles. The highest BCUT2D eigenvalue weighted by Crippen LogP contribution is 2.16. The molecule has 0 heterocycles. The van der Waals surface area contributed by atoms with Crippen LogP contribution in [0.1, 0.15) is 290 Å². The molecule has 0 aliphatic rings. The minimum atomic E-state index is -0.850. The zero-order valence-electron chi connectivity index (χ0n) is 40.9. The minimum Gasteiger partial charge on any atom is -0.466 e. The van der Waals surface area contributed by atoms with E-state index < -0.39 is 12.1 Å². The van der Waals surface area contributed by atoms with Crippen LogP contribution in [0.5, 0.6) is 0 Å². The number of ether oxygens (including phenoxy) is 1. The summed E-state index contributed by atoms with van der Waals surface area (Å²) in [5, 5.41) is 23.1. The van der Waals surface area contributed by atoms with Crippen molar-refractivity contribution in [2.75, 3.05) is 13.2 Å². The fourth-order valence-corrected chi connectivity index (χ4v) is 8.26. The molecule has 0 saturated carbocycles. The number of nitrogens with one attached hydrogen (secondary N) is 1. The lowest BCUT2D eigenvalue weighted by Crippen LogP contribution is -2.45.